The van der Waals surface area contributed by atoms with Crippen molar-refractivity contribution in [1.29, 1.82) is 0 Å². The van der Waals surface area contributed by atoms with Gasteiger partial charge in [-0.3, -0.25) is 0 Å². The maximum absolute atomic E-state index is 6.45. The summed E-state index contributed by atoms with van der Waals surface area (Å²) in [5, 5.41) is 0. The third kappa shape index (κ3) is 3.03. The van der Waals surface area contributed by atoms with E-state index in [2.05, 4.69) is 60.6 Å². The van der Waals surface area contributed by atoms with Crippen LogP contribution in [0.1, 0.15) is 74.1 Å². The Hall–Kier alpha value is -0.560. The molecule has 0 aliphatic heterocycles. The fourth-order valence-corrected chi connectivity index (χ4v) is 3.32. The normalized spacial score (nSPS) is 24.4. The summed E-state index contributed by atoms with van der Waals surface area (Å²) in [4.78, 5) is 0. The highest BCUT2D eigenvalue weighted by Gasteiger charge is 2.36. The highest BCUT2D eigenvalue weighted by atomic mass is 14.7. The summed E-state index contributed by atoms with van der Waals surface area (Å²) in [6.45, 7) is 16.3. The van der Waals surface area contributed by atoms with Crippen molar-refractivity contribution in [2.24, 2.45) is 22.5 Å². The van der Waals surface area contributed by atoms with Crippen molar-refractivity contribution in [2.45, 2.75) is 80.2 Å². The summed E-state index contributed by atoms with van der Waals surface area (Å²) >= 11 is 0. The Morgan fingerprint density at radius 2 is 1.40 bits per heavy atom. The third-order valence-electron chi connectivity index (χ3n) is 6.27. The molecule has 1 aliphatic carbocycles. The minimum absolute atomic E-state index is 0.167. The van der Waals surface area contributed by atoms with Gasteiger partial charge in [0.1, 0.15) is 0 Å². The summed E-state index contributed by atoms with van der Waals surface area (Å²) < 4.78 is 0. The van der Waals surface area contributed by atoms with Crippen molar-refractivity contribution in [3.63, 3.8) is 0 Å². The van der Waals surface area contributed by atoms with Crippen molar-refractivity contribution >= 4 is 0 Å². The molecule has 1 rings (SSSR count). The molecule has 0 saturated carbocycles. The number of hydrogen-bond acceptors (Lipinski definition) is 1. The van der Waals surface area contributed by atoms with Gasteiger partial charge in [0.15, 0.2) is 0 Å². The Bertz CT molecular complexity index is 381. The fraction of sp³-hybridized carbons (Fsp3) is 0.789. The predicted octanol–water partition coefficient (Wildman–Crippen LogP) is 5.47. The van der Waals surface area contributed by atoms with Crippen molar-refractivity contribution < 1.29 is 0 Å². The molecule has 2 N–H and O–H groups in total. The number of nitrogens with two attached hydrogens (primary N) is 1. The first kappa shape index (κ1) is 17.5. The highest BCUT2D eigenvalue weighted by Crippen LogP contribution is 2.46. The third-order valence-corrected chi connectivity index (χ3v) is 6.27. The van der Waals surface area contributed by atoms with Gasteiger partial charge in [0.25, 0.3) is 0 Å². The molecule has 1 heteroatoms. The molecule has 0 bridgehead atoms. The average Bonchev–Trinajstić information content (AvgIpc) is 2.48. The first-order chi connectivity index (χ1) is 9.27. The molecule has 1 nitrogen and oxygen atoms in total. The monoisotopic (exact) mass is 277 g/mol. The van der Waals surface area contributed by atoms with Crippen LogP contribution in [0.5, 0.6) is 0 Å². The molecule has 2 unspecified atom stereocenters. The quantitative estimate of drug-likeness (QED) is 0.684. The van der Waals surface area contributed by atoms with E-state index in [0.29, 0.717) is 11.3 Å². The van der Waals surface area contributed by atoms with Crippen LogP contribution < -0.4 is 5.73 Å². The average molecular weight is 277 g/mol. The summed E-state index contributed by atoms with van der Waals surface area (Å²) in [5.74, 6) is 0.460. The van der Waals surface area contributed by atoms with Crippen LogP contribution in [-0.4, -0.2) is 6.04 Å². The second kappa shape index (κ2) is 6.47. The van der Waals surface area contributed by atoms with E-state index in [4.69, 9.17) is 5.73 Å². The van der Waals surface area contributed by atoms with Gasteiger partial charge in [0, 0.05) is 6.04 Å². The van der Waals surface area contributed by atoms with Crippen molar-refractivity contribution in [1.82, 2.24) is 0 Å². The molecule has 0 aromatic heterocycles. The van der Waals surface area contributed by atoms with E-state index in [9.17, 15) is 0 Å². The molecule has 0 spiro atoms. The molecule has 116 valence electrons. The van der Waals surface area contributed by atoms with Gasteiger partial charge < -0.3 is 5.73 Å². The number of rotatable bonds is 6. The molecule has 0 fully saturated rings. The van der Waals surface area contributed by atoms with E-state index >= 15 is 0 Å². The van der Waals surface area contributed by atoms with Crippen LogP contribution in [0, 0.1) is 16.7 Å². The van der Waals surface area contributed by atoms with Crippen LogP contribution in [0.15, 0.2) is 23.3 Å². The van der Waals surface area contributed by atoms with Crippen LogP contribution in [0.4, 0.5) is 0 Å². The molecular formula is C19H35N. The van der Waals surface area contributed by atoms with Gasteiger partial charge >= 0.3 is 0 Å². The van der Waals surface area contributed by atoms with Gasteiger partial charge in [-0.1, -0.05) is 66.2 Å². The molecule has 0 radical (unpaired) electrons. The molecule has 1 aliphatic rings. The van der Waals surface area contributed by atoms with Gasteiger partial charge in [-0.05, 0) is 48.0 Å². The van der Waals surface area contributed by atoms with Crippen LogP contribution >= 0.6 is 0 Å². The minimum Gasteiger partial charge on any atom is -0.324 e. The molecule has 0 aromatic carbocycles. The van der Waals surface area contributed by atoms with E-state index in [1.54, 1.807) is 5.57 Å². The second-order valence-corrected chi connectivity index (χ2v) is 7.12. The maximum atomic E-state index is 6.45. The van der Waals surface area contributed by atoms with Gasteiger partial charge in [-0.25, -0.2) is 0 Å². The van der Waals surface area contributed by atoms with Crippen LogP contribution in [0.3, 0.4) is 0 Å². The molecule has 20 heavy (non-hydrogen) atoms. The summed E-state index contributed by atoms with van der Waals surface area (Å²) in [7, 11) is 0. The van der Waals surface area contributed by atoms with Crippen LogP contribution in [0.2, 0.25) is 0 Å². The maximum Gasteiger partial charge on any atom is 0.0293 e. The first-order valence-electron chi connectivity index (χ1n) is 8.47. The highest BCUT2D eigenvalue weighted by molar-refractivity contribution is 5.39. The number of hydrogen-bond donors (Lipinski definition) is 1. The smallest absolute Gasteiger partial charge is 0.0293 e. The predicted molar refractivity (Wildman–Crippen MR) is 90.7 cm³/mol. The molecule has 2 atom stereocenters. The molecular weight excluding hydrogens is 242 g/mol. The van der Waals surface area contributed by atoms with Gasteiger partial charge in [0.2, 0.25) is 0 Å². The van der Waals surface area contributed by atoms with Crippen molar-refractivity contribution in [3.05, 3.63) is 23.3 Å². The van der Waals surface area contributed by atoms with Gasteiger partial charge in [-0.2, -0.15) is 0 Å². The van der Waals surface area contributed by atoms with Gasteiger partial charge in [-0.15, -0.1) is 0 Å². The molecule has 0 aromatic rings. The summed E-state index contributed by atoms with van der Waals surface area (Å²) in [6.07, 6.45) is 9.55. The standard InChI is InChI=1S/C19H35N/c1-8-18(6,9-2)15-12-16(14(5)17(20)13-15)19(7,10-3)11-4/h12-14,17H,8-11,20H2,1-7H3. The van der Waals surface area contributed by atoms with E-state index in [1.165, 1.54) is 31.3 Å². The largest absolute Gasteiger partial charge is 0.324 e. The zero-order valence-electron chi connectivity index (χ0n) is 14.7. The first-order valence-corrected chi connectivity index (χ1v) is 8.47. The molecule has 0 saturated heterocycles. The summed E-state index contributed by atoms with van der Waals surface area (Å²) in [5.41, 5.74) is 10.1. The lowest BCUT2D eigenvalue weighted by molar-refractivity contribution is 0.310. The SMILES string of the molecule is CCC(C)(CC)C1=CC(N)C(C)C(C(C)(CC)CC)=C1. The lowest BCUT2D eigenvalue weighted by Gasteiger charge is -2.41. The summed E-state index contributed by atoms with van der Waals surface area (Å²) in [6, 6.07) is 0.167. The van der Waals surface area contributed by atoms with Crippen LogP contribution in [0.25, 0.3) is 0 Å². The Morgan fingerprint density at radius 3 is 1.80 bits per heavy atom. The Balaban J connectivity index is 3.30. The fourth-order valence-electron chi connectivity index (χ4n) is 3.32. The zero-order chi connectivity index (χ0) is 15.6. The lowest BCUT2D eigenvalue weighted by atomic mass is 9.65. The zero-order valence-corrected chi connectivity index (χ0v) is 14.7. The molecule has 0 amide bonds. The van der Waals surface area contributed by atoms with E-state index in [1.807, 2.05) is 0 Å². The Kier molecular flexibility index (Phi) is 5.66. The lowest BCUT2D eigenvalue weighted by Crippen LogP contribution is -2.37. The minimum atomic E-state index is 0.167. The Morgan fingerprint density at radius 1 is 0.950 bits per heavy atom. The van der Waals surface area contributed by atoms with Gasteiger partial charge in [0.05, 0.1) is 0 Å². The van der Waals surface area contributed by atoms with Crippen LogP contribution in [-0.2, 0) is 0 Å². The van der Waals surface area contributed by atoms with E-state index in [0.717, 1.165) is 0 Å². The van der Waals surface area contributed by atoms with E-state index < -0.39 is 0 Å². The van der Waals surface area contributed by atoms with E-state index in [-0.39, 0.29) is 11.5 Å². The van der Waals surface area contributed by atoms with Crippen molar-refractivity contribution in [2.75, 3.05) is 0 Å². The Labute approximate surface area is 126 Å². The molecule has 0 heterocycles. The van der Waals surface area contributed by atoms with Crippen molar-refractivity contribution in [3.8, 4) is 0 Å². The second-order valence-electron chi connectivity index (χ2n) is 7.12. The topological polar surface area (TPSA) is 26.0 Å². The number of allylic oxidation sites excluding steroid dienone is 2.